The Bertz CT molecular complexity index is 1420. The summed E-state index contributed by atoms with van der Waals surface area (Å²) in [5.74, 6) is -0.295. The van der Waals surface area contributed by atoms with Gasteiger partial charge in [-0.05, 0) is 0 Å². The maximum atomic E-state index is 13.3. The zero-order valence-corrected chi connectivity index (χ0v) is 20.9. The van der Waals surface area contributed by atoms with Gasteiger partial charge < -0.3 is 0 Å². The molecule has 11 heteroatoms. The molecule has 31 heavy (non-hydrogen) atoms. The van der Waals surface area contributed by atoms with Gasteiger partial charge in [0.05, 0.1) is 0 Å². The van der Waals surface area contributed by atoms with E-state index < -0.39 is 34.0 Å². The third-order valence-electron chi connectivity index (χ3n) is 4.91. The van der Waals surface area contributed by atoms with Crippen molar-refractivity contribution in [1.82, 2.24) is 4.57 Å². The van der Waals surface area contributed by atoms with Crippen LogP contribution in [-0.4, -0.2) is 36.9 Å². The topological polar surface area (TPSA) is 65.3 Å². The van der Waals surface area contributed by atoms with Crippen LogP contribution in [0.1, 0.15) is 0 Å². The summed E-state index contributed by atoms with van der Waals surface area (Å²) < 4.78 is 78.5. The molecule has 0 aliphatic carbocycles. The van der Waals surface area contributed by atoms with Gasteiger partial charge in [0.15, 0.2) is 0 Å². The van der Waals surface area contributed by atoms with E-state index in [0.717, 1.165) is 0 Å². The number of nitrogens with zero attached hydrogens (tertiary/aromatic N) is 2. The molecule has 0 unspecified atom stereocenters. The Morgan fingerprint density at radius 3 is 2.39 bits per heavy atom. The van der Waals surface area contributed by atoms with Gasteiger partial charge in [-0.1, -0.05) is 0 Å². The summed E-state index contributed by atoms with van der Waals surface area (Å²) in [4.78, 5) is 5.89. The van der Waals surface area contributed by atoms with Gasteiger partial charge in [0.2, 0.25) is 0 Å². The first-order valence-corrected chi connectivity index (χ1v) is 20.7. The second-order valence-corrected chi connectivity index (χ2v) is 24.2. The van der Waals surface area contributed by atoms with Gasteiger partial charge in [-0.15, -0.1) is 0 Å². The number of hydrogen-bond acceptors (Lipinski definition) is 4. The van der Waals surface area contributed by atoms with E-state index in [1.807, 2.05) is 14.8 Å². The number of imidazole rings is 1. The molecule has 0 spiro atoms. The van der Waals surface area contributed by atoms with Crippen LogP contribution < -0.4 is 12.3 Å². The van der Waals surface area contributed by atoms with Crippen LogP contribution in [0.4, 0.5) is 13.2 Å². The zero-order valence-electron chi connectivity index (χ0n) is 17.2. The van der Waals surface area contributed by atoms with Crippen LogP contribution in [0.2, 0.25) is 14.8 Å². The van der Waals surface area contributed by atoms with Crippen molar-refractivity contribution >= 4 is 54.0 Å². The molecule has 4 aromatic rings. The molecule has 0 bridgehead atoms. The van der Waals surface area contributed by atoms with Gasteiger partial charge >= 0.3 is 181 Å². The minimum absolute atomic E-state index is 0.206. The summed E-state index contributed by atoms with van der Waals surface area (Å²) in [6.07, 6.45) is 4.96. The van der Waals surface area contributed by atoms with Crippen molar-refractivity contribution in [3.63, 3.8) is 0 Å². The van der Waals surface area contributed by atoms with Crippen LogP contribution in [0, 0.1) is 0 Å². The zero-order chi connectivity index (χ0) is 22.8. The first kappa shape index (κ1) is 22.0. The molecule has 2 heterocycles. The fraction of sp³-hybridized carbons (Fsp3) is 0.250. The quantitative estimate of drug-likeness (QED) is 0.164. The Balaban J connectivity index is 2.20. The van der Waals surface area contributed by atoms with E-state index in [-0.39, 0.29) is 11.4 Å². The third kappa shape index (κ3) is 3.79. The van der Waals surface area contributed by atoms with Crippen molar-refractivity contribution in [2.24, 2.45) is 7.05 Å². The van der Waals surface area contributed by atoms with Gasteiger partial charge in [-0.3, -0.25) is 0 Å². The van der Waals surface area contributed by atoms with Crippen molar-refractivity contribution in [3.05, 3.63) is 49.1 Å². The van der Waals surface area contributed by atoms with Gasteiger partial charge in [0, 0.05) is 0 Å². The second-order valence-electron chi connectivity index (χ2n) is 8.29. The van der Waals surface area contributed by atoms with Crippen LogP contribution >= 0.6 is 0 Å². The van der Waals surface area contributed by atoms with Crippen LogP contribution in [0.15, 0.2) is 53.5 Å². The molecule has 0 saturated heterocycles. The molecule has 0 N–H and O–H groups in total. The van der Waals surface area contributed by atoms with Crippen molar-refractivity contribution < 1.29 is 34.8 Å². The molecule has 6 nitrogen and oxygen atoms in total. The number of para-hydroxylation sites is 1. The molecule has 0 fully saturated rings. The van der Waals surface area contributed by atoms with Gasteiger partial charge in [0.1, 0.15) is 0 Å². The van der Waals surface area contributed by atoms with E-state index in [0.29, 0.717) is 25.5 Å². The first-order valence-electron chi connectivity index (χ1n) is 9.33. The van der Waals surface area contributed by atoms with Crippen LogP contribution in [-0.2, 0) is 17.2 Å². The average molecular weight is 560 g/mol. The second kappa shape index (κ2) is 7.16. The Morgan fingerprint density at radius 2 is 1.81 bits per heavy atom. The number of fused-ring (bicyclic) bond motifs is 3. The third-order valence-corrected chi connectivity index (χ3v) is 11.5. The number of aromatic nitrogens is 2. The van der Waals surface area contributed by atoms with E-state index in [9.17, 15) is 21.6 Å². The first-order chi connectivity index (χ1) is 14.3. The van der Waals surface area contributed by atoms with Crippen LogP contribution in [0.5, 0.6) is 5.75 Å². The summed E-state index contributed by atoms with van der Waals surface area (Å²) in [6.45, 7) is 0. The van der Waals surface area contributed by atoms with E-state index in [1.54, 1.807) is 65.2 Å². The van der Waals surface area contributed by atoms with E-state index in [2.05, 4.69) is 0 Å². The van der Waals surface area contributed by atoms with Crippen molar-refractivity contribution in [1.29, 1.82) is 0 Å². The molecular weight excluding hydrogens is 540 g/mol. The number of halogens is 3. The number of aryl methyl sites for hydroxylation is 1. The van der Waals surface area contributed by atoms with Crippen molar-refractivity contribution in [2.45, 2.75) is 20.3 Å². The predicted molar refractivity (Wildman–Crippen MR) is 113 cm³/mol. The van der Waals surface area contributed by atoms with Gasteiger partial charge in [-0.2, -0.15) is 0 Å². The molecule has 0 saturated carbocycles. The van der Waals surface area contributed by atoms with Gasteiger partial charge in [0.25, 0.3) is 0 Å². The predicted octanol–water partition coefficient (Wildman–Crippen LogP) is 3.97. The minimum atomic E-state index is -5.88. The Morgan fingerprint density at radius 1 is 1.13 bits per heavy atom. The van der Waals surface area contributed by atoms with E-state index in [1.165, 1.54) is 0 Å². The van der Waals surface area contributed by atoms with Crippen LogP contribution in [0.3, 0.4) is 0 Å². The van der Waals surface area contributed by atoms with E-state index in [4.69, 9.17) is 8.60 Å². The van der Waals surface area contributed by atoms with Crippen molar-refractivity contribution in [2.75, 3.05) is 0 Å². The molecule has 2 aromatic carbocycles. The number of benzene rings is 2. The fourth-order valence-corrected chi connectivity index (χ4v) is 8.21. The molecule has 0 atom stereocenters. The molecular formula is C20H20F3N2O4SSn+. The monoisotopic (exact) mass is 561 g/mol. The average Bonchev–Trinajstić information content (AvgIpc) is 3.22. The molecule has 4 rings (SSSR count). The molecule has 0 radical (unpaired) electrons. The molecule has 0 aliphatic rings. The molecule has 0 amide bonds. The number of hydrogen-bond donors (Lipinski definition) is 0. The summed E-state index contributed by atoms with van der Waals surface area (Å²) in [5.41, 5.74) is -4.34. The Labute approximate surface area is 180 Å². The SMILES string of the molecule is C[n+]1ccn(-c2c(OS(=O)(=O)C(F)(F)F)[c]([Sn]([CH3])([CH3])[CH3])cc3oc4ccccc4c23)c1. The summed E-state index contributed by atoms with van der Waals surface area (Å²) in [5, 5.41) is 1.13. The summed E-state index contributed by atoms with van der Waals surface area (Å²) >= 11 is -3.24. The van der Waals surface area contributed by atoms with Crippen LogP contribution in [0.25, 0.3) is 27.6 Å². The van der Waals surface area contributed by atoms with Crippen molar-refractivity contribution in [3.8, 4) is 11.4 Å². The standard InChI is InChI=1S/C17H11F3N2O4S.3CH3.Sn/c1-21-8-9-22(10-21)16-14(26-27(23,24)17(18,19)20)7-6-13-15(16)11-4-2-3-5-12(11)25-13;;;;/h2-6,8-10H,1H3;3*1H3;/q+1;;;;. The Kier molecular flexibility index (Phi) is 5.08. The summed E-state index contributed by atoms with van der Waals surface area (Å²) in [6, 6.07) is 8.73. The van der Waals surface area contributed by atoms with Gasteiger partial charge in [-0.25, -0.2) is 0 Å². The number of rotatable bonds is 4. The fourth-order valence-electron chi connectivity index (χ4n) is 3.48. The number of alkyl halides is 3. The normalized spacial score (nSPS) is 13.3. The molecule has 2 aromatic heterocycles. The van der Waals surface area contributed by atoms with E-state index >= 15 is 0 Å². The Hall–Kier alpha value is -2.21. The number of furan rings is 1. The molecule has 164 valence electrons. The summed E-state index contributed by atoms with van der Waals surface area (Å²) in [7, 11) is -4.13. The molecule has 0 aliphatic heterocycles. The maximum absolute atomic E-state index is 13.3.